The van der Waals surface area contributed by atoms with Crippen LogP contribution in [0.4, 0.5) is 0 Å². The number of amides is 1. The van der Waals surface area contributed by atoms with Gasteiger partial charge in [0.05, 0.1) is 23.9 Å². The van der Waals surface area contributed by atoms with Gasteiger partial charge >= 0.3 is 0 Å². The summed E-state index contributed by atoms with van der Waals surface area (Å²) in [5.74, 6) is 0.726. The quantitative estimate of drug-likeness (QED) is 0.892. The van der Waals surface area contributed by atoms with Crippen molar-refractivity contribution in [1.29, 1.82) is 0 Å². The Kier molecular flexibility index (Phi) is 4.24. The normalized spacial score (nSPS) is 22.0. The Balaban J connectivity index is 1.90. The van der Waals surface area contributed by atoms with Crippen LogP contribution in [0.15, 0.2) is 0 Å². The van der Waals surface area contributed by atoms with Gasteiger partial charge in [-0.1, -0.05) is 11.6 Å². The standard InChI is InChI=1S/C15H24N4O2/c1-10(11-3-2-4-11)19-15(12-5-7-21-8-6-12)13(17-18-19)9-14(16)20/h10-12H,2-9H2,1H3,(H2,16,20). The zero-order valence-corrected chi connectivity index (χ0v) is 12.6. The molecule has 0 spiro atoms. The molecule has 2 N–H and O–H groups in total. The third-order valence-electron chi connectivity index (χ3n) is 4.97. The number of nitrogens with two attached hydrogens (primary N) is 1. The summed E-state index contributed by atoms with van der Waals surface area (Å²) < 4.78 is 7.52. The van der Waals surface area contributed by atoms with Crippen LogP contribution in [0, 0.1) is 5.92 Å². The molecule has 1 amide bonds. The first kappa shape index (κ1) is 14.5. The van der Waals surface area contributed by atoms with E-state index in [4.69, 9.17) is 10.5 Å². The predicted octanol–water partition coefficient (Wildman–Crippen LogP) is 1.56. The van der Waals surface area contributed by atoms with Crippen LogP contribution in [0.3, 0.4) is 0 Å². The maximum Gasteiger partial charge on any atom is 0.223 e. The summed E-state index contributed by atoms with van der Waals surface area (Å²) in [7, 11) is 0. The molecule has 2 heterocycles. The topological polar surface area (TPSA) is 83.0 Å². The Morgan fingerprint density at radius 1 is 1.38 bits per heavy atom. The van der Waals surface area contributed by atoms with E-state index in [1.807, 2.05) is 0 Å². The molecule has 3 rings (SSSR count). The third-order valence-corrected chi connectivity index (χ3v) is 4.97. The summed E-state index contributed by atoms with van der Waals surface area (Å²) in [5.41, 5.74) is 7.25. The maximum absolute atomic E-state index is 11.3. The van der Waals surface area contributed by atoms with Gasteiger partial charge < -0.3 is 10.5 Å². The summed E-state index contributed by atoms with van der Waals surface area (Å²) in [6.07, 6.45) is 5.96. The average molecular weight is 292 g/mol. The molecule has 21 heavy (non-hydrogen) atoms. The van der Waals surface area contributed by atoms with E-state index in [2.05, 4.69) is 21.9 Å². The third kappa shape index (κ3) is 2.95. The highest BCUT2D eigenvalue weighted by Crippen LogP contribution is 2.38. The van der Waals surface area contributed by atoms with Crippen LogP contribution < -0.4 is 5.73 Å². The van der Waals surface area contributed by atoms with Crippen LogP contribution in [0.2, 0.25) is 0 Å². The van der Waals surface area contributed by atoms with E-state index in [9.17, 15) is 4.79 Å². The van der Waals surface area contributed by atoms with Crippen LogP contribution in [-0.4, -0.2) is 34.1 Å². The highest BCUT2D eigenvalue weighted by atomic mass is 16.5. The molecule has 1 atom stereocenters. The minimum Gasteiger partial charge on any atom is -0.381 e. The number of carbonyl (C=O) groups excluding carboxylic acids is 1. The second-order valence-electron chi connectivity index (χ2n) is 6.33. The zero-order valence-electron chi connectivity index (χ0n) is 12.6. The number of ether oxygens (including phenoxy) is 1. The monoisotopic (exact) mass is 292 g/mol. The van der Waals surface area contributed by atoms with Crippen molar-refractivity contribution in [3.05, 3.63) is 11.4 Å². The number of rotatable bonds is 5. The fourth-order valence-electron chi connectivity index (χ4n) is 3.44. The first-order valence-corrected chi connectivity index (χ1v) is 7.97. The molecular formula is C15H24N4O2. The Morgan fingerprint density at radius 3 is 2.67 bits per heavy atom. The first-order valence-electron chi connectivity index (χ1n) is 7.97. The molecule has 1 aliphatic carbocycles. The van der Waals surface area contributed by atoms with Crippen molar-refractivity contribution in [2.24, 2.45) is 11.7 Å². The Morgan fingerprint density at radius 2 is 2.10 bits per heavy atom. The van der Waals surface area contributed by atoms with Crippen LogP contribution in [-0.2, 0) is 16.0 Å². The molecule has 0 aromatic carbocycles. The van der Waals surface area contributed by atoms with Gasteiger partial charge in [-0.2, -0.15) is 0 Å². The smallest absolute Gasteiger partial charge is 0.223 e. The van der Waals surface area contributed by atoms with Crippen LogP contribution >= 0.6 is 0 Å². The number of carbonyl (C=O) groups is 1. The van der Waals surface area contributed by atoms with Crippen molar-refractivity contribution in [2.45, 2.75) is 57.4 Å². The number of primary amides is 1. The summed E-state index contributed by atoms with van der Waals surface area (Å²) in [4.78, 5) is 11.3. The minimum atomic E-state index is -0.341. The molecule has 1 aliphatic heterocycles. The van der Waals surface area contributed by atoms with E-state index >= 15 is 0 Å². The van der Waals surface area contributed by atoms with Crippen LogP contribution in [0.5, 0.6) is 0 Å². The molecule has 2 fully saturated rings. The lowest BCUT2D eigenvalue weighted by atomic mass is 9.80. The number of aromatic nitrogens is 3. The summed E-state index contributed by atoms with van der Waals surface area (Å²) in [5, 5.41) is 8.63. The van der Waals surface area contributed by atoms with Crippen molar-refractivity contribution in [3.8, 4) is 0 Å². The van der Waals surface area contributed by atoms with Crippen molar-refractivity contribution in [2.75, 3.05) is 13.2 Å². The van der Waals surface area contributed by atoms with Gasteiger partial charge in [0.1, 0.15) is 0 Å². The molecule has 1 unspecified atom stereocenters. The summed E-state index contributed by atoms with van der Waals surface area (Å²) in [6, 6.07) is 0.353. The molecule has 116 valence electrons. The Hall–Kier alpha value is -1.43. The van der Waals surface area contributed by atoms with E-state index in [1.54, 1.807) is 0 Å². The van der Waals surface area contributed by atoms with Crippen LogP contribution in [0.1, 0.15) is 62.4 Å². The second kappa shape index (κ2) is 6.13. The Labute approximate surface area is 125 Å². The van der Waals surface area contributed by atoms with Crippen molar-refractivity contribution in [1.82, 2.24) is 15.0 Å². The molecule has 6 nitrogen and oxygen atoms in total. The molecule has 1 saturated heterocycles. The lowest BCUT2D eigenvalue weighted by Gasteiger charge is -2.33. The van der Waals surface area contributed by atoms with Gasteiger partial charge in [-0.25, -0.2) is 4.68 Å². The second-order valence-corrected chi connectivity index (χ2v) is 6.33. The average Bonchev–Trinajstić information content (AvgIpc) is 2.80. The fourth-order valence-corrected chi connectivity index (χ4v) is 3.44. The summed E-state index contributed by atoms with van der Waals surface area (Å²) in [6.45, 7) is 3.75. The molecule has 0 radical (unpaired) electrons. The van der Waals surface area contributed by atoms with E-state index in [0.717, 1.165) is 37.4 Å². The highest BCUT2D eigenvalue weighted by molar-refractivity contribution is 5.76. The number of hydrogen-bond acceptors (Lipinski definition) is 4. The molecule has 2 aliphatic rings. The number of nitrogens with zero attached hydrogens (tertiary/aromatic N) is 3. The molecular weight excluding hydrogens is 268 g/mol. The van der Waals surface area contributed by atoms with E-state index < -0.39 is 0 Å². The van der Waals surface area contributed by atoms with Gasteiger partial charge in [0, 0.05) is 19.1 Å². The molecule has 0 bridgehead atoms. The van der Waals surface area contributed by atoms with Gasteiger partial charge in [0.15, 0.2) is 0 Å². The lowest BCUT2D eigenvalue weighted by molar-refractivity contribution is -0.117. The minimum absolute atomic E-state index is 0.185. The predicted molar refractivity (Wildman–Crippen MR) is 77.8 cm³/mol. The van der Waals surface area contributed by atoms with Crippen molar-refractivity contribution < 1.29 is 9.53 Å². The van der Waals surface area contributed by atoms with Gasteiger partial charge in [0.2, 0.25) is 5.91 Å². The summed E-state index contributed by atoms with van der Waals surface area (Å²) >= 11 is 0. The molecule has 6 heteroatoms. The van der Waals surface area contributed by atoms with Gasteiger partial charge in [-0.3, -0.25) is 4.79 Å². The SMILES string of the molecule is CC(C1CCC1)n1nnc(CC(N)=O)c1C1CCOCC1. The van der Waals surface area contributed by atoms with Crippen molar-refractivity contribution >= 4 is 5.91 Å². The fraction of sp³-hybridized carbons (Fsp3) is 0.800. The van der Waals surface area contributed by atoms with Crippen molar-refractivity contribution in [3.63, 3.8) is 0 Å². The van der Waals surface area contributed by atoms with E-state index in [0.29, 0.717) is 17.9 Å². The van der Waals surface area contributed by atoms with Gasteiger partial charge in [0.25, 0.3) is 0 Å². The zero-order chi connectivity index (χ0) is 14.8. The Bertz CT molecular complexity index is 504. The molecule has 1 saturated carbocycles. The first-order chi connectivity index (χ1) is 10.2. The largest absolute Gasteiger partial charge is 0.381 e. The highest BCUT2D eigenvalue weighted by Gasteiger charge is 2.32. The number of hydrogen-bond donors (Lipinski definition) is 1. The van der Waals surface area contributed by atoms with Crippen LogP contribution in [0.25, 0.3) is 0 Å². The van der Waals surface area contributed by atoms with Gasteiger partial charge in [-0.15, -0.1) is 5.10 Å². The van der Waals surface area contributed by atoms with E-state index in [1.165, 1.54) is 19.3 Å². The molecule has 1 aromatic rings. The van der Waals surface area contributed by atoms with E-state index in [-0.39, 0.29) is 12.3 Å². The molecule has 1 aromatic heterocycles. The van der Waals surface area contributed by atoms with Gasteiger partial charge in [-0.05, 0) is 38.5 Å². The maximum atomic E-state index is 11.3. The lowest BCUT2D eigenvalue weighted by Crippen LogP contribution is -2.27.